The van der Waals surface area contributed by atoms with Gasteiger partial charge in [0.1, 0.15) is 0 Å². The molecule has 0 amide bonds. The Morgan fingerprint density at radius 3 is 2.62 bits per heavy atom. The zero-order valence-electron chi connectivity index (χ0n) is 15.3. The third-order valence-electron chi connectivity index (χ3n) is 6.21. The van der Waals surface area contributed by atoms with Crippen LogP contribution in [0.3, 0.4) is 0 Å². The van der Waals surface area contributed by atoms with E-state index in [-0.39, 0.29) is 49.9 Å². The summed E-state index contributed by atoms with van der Waals surface area (Å²) in [5, 5.41) is 10.9. The smallest absolute Gasteiger partial charge is 0.197 e. The van der Waals surface area contributed by atoms with Crippen LogP contribution in [0.15, 0.2) is 24.0 Å². The number of ether oxygens (including phenoxy) is 2. The van der Waals surface area contributed by atoms with Crippen LogP contribution >= 0.6 is 27.0 Å². The number of Topliss-reactive ketones (excluding diaryl/α,β-unsaturated/α-hetero) is 1. The minimum atomic E-state index is -0.359. The first-order chi connectivity index (χ1) is 11.5. The molecule has 144 valence electrons. The molecule has 1 fully saturated rings. The summed E-state index contributed by atoms with van der Waals surface area (Å²) in [7, 11) is 5.25. The van der Waals surface area contributed by atoms with Crippen LogP contribution in [-0.2, 0) is 21.4 Å². The summed E-state index contributed by atoms with van der Waals surface area (Å²) in [5.74, 6) is 1.32. The van der Waals surface area contributed by atoms with Gasteiger partial charge in [0.2, 0.25) is 0 Å². The van der Waals surface area contributed by atoms with Gasteiger partial charge in [-0.15, -0.1) is 0 Å². The SMILES string of the molecule is COC1=C[C@@H]2[C@@H]3Cc4ccc(OC)c(O)c4[C@]2(CCN3C)CC1=O.S.S. The van der Waals surface area contributed by atoms with Gasteiger partial charge in [-0.05, 0) is 44.1 Å². The molecule has 0 spiro atoms. The molecule has 3 aliphatic rings. The van der Waals surface area contributed by atoms with Gasteiger partial charge in [0, 0.05) is 29.4 Å². The molecule has 1 aliphatic heterocycles. The number of methoxy groups -OCH3 is 2. The van der Waals surface area contributed by atoms with E-state index in [1.165, 1.54) is 0 Å². The predicted octanol–water partition coefficient (Wildman–Crippen LogP) is 2.24. The van der Waals surface area contributed by atoms with Crippen molar-refractivity contribution in [2.24, 2.45) is 5.92 Å². The van der Waals surface area contributed by atoms with Crippen molar-refractivity contribution in [1.82, 2.24) is 4.90 Å². The number of hydrogen-bond acceptors (Lipinski definition) is 5. The van der Waals surface area contributed by atoms with Gasteiger partial charge in [-0.2, -0.15) is 27.0 Å². The highest BCUT2D eigenvalue weighted by Gasteiger charge is 2.56. The normalized spacial score (nSPS) is 29.3. The van der Waals surface area contributed by atoms with E-state index in [4.69, 9.17) is 9.47 Å². The van der Waals surface area contributed by atoms with Gasteiger partial charge in [0.05, 0.1) is 14.2 Å². The van der Waals surface area contributed by atoms with Crippen LogP contribution in [0, 0.1) is 5.92 Å². The summed E-state index contributed by atoms with van der Waals surface area (Å²) in [6.45, 7) is 0.917. The summed E-state index contributed by atoms with van der Waals surface area (Å²) in [6, 6.07) is 4.18. The summed E-state index contributed by atoms with van der Waals surface area (Å²) in [5.41, 5.74) is 1.68. The van der Waals surface area contributed by atoms with Gasteiger partial charge >= 0.3 is 0 Å². The lowest BCUT2D eigenvalue weighted by Gasteiger charge is -2.56. The Morgan fingerprint density at radius 1 is 1.23 bits per heavy atom. The number of carbonyl (C=O) groups is 1. The Hall–Kier alpha value is -1.31. The minimum Gasteiger partial charge on any atom is -0.504 e. The van der Waals surface area contributed by atoms with Crippen molar-refractivity contribution in [2.75, 3.05) is 27.8 Å². The molecule has 26 heavy (non-hydrogen) atoms. The van der Waals surface area contributed by atoms with Crippen molar-refractivity contribution >= 4 is 32.8 Å². The maximum absolute atomic E-state index is 12.6. The molecule has 7 heteroatoms. The average Bonchev–Trinajstić information content (AvgIpc) is 2.57. The molecule has 1 aromatic carbocycles. The second-order valence-electron chi connectivity index (χ2n) is 7.17. The fourth-order valence-corrected chi connectivity index (χ4v) is 5.03. The van der Waals surface area contributed by atoms with E-state index in [1.807, 2.05) is 18.2 Å². The summed E-state index contributed by atoms with van der Waals surface area (Å²) in [4.78, 5) is 15.0. The lowest BCUT2D eigenvalue weighted by atomic mass is 9.53. The number of likely N-dealkylation sites (tertiary alicyclic amines) is 1. The molecule has 1 heterocycles. The van der Waals surface area contributed by atoms with Gasteiger partial charge in [-0.25, -0.2) is 0 Å². The maximum atomic E-state index is 12.6. The quantitative estimate of drug-likeness (QED) is 0.829. The van der Waals surface area contributed by atoms with E-state index < -0.39 is 0 Å². The fraction of sp³-hybridized carbons (Fsp3) is 0.526. The van der Waals surface area contributed by atoms with Crippen LogP contribution in [0.2, 0.25) is 0 Å². The molecule has 1 saturated heterocycles. The highest BCUT2D eigenvalue weighted by atomic mass is 32.1. The molecule has 0 radical (unpaired) electrons. The largest absolute Gasteiger partial charge is 0.504 e. The number of allylic oxidation sites excluding steroid dienone is 1. The highest BCUT2D eigenvalue weighted by Crippen LogP contribution is 2.57. The number of aromatic hydroxyl groups is 1. The Morgan fingerprint density at radius 2 is 1.96 bits per heavy atom. The monoisotopic (exact) mass is 397 g/mol. The minimum absolute atomic E-state index is 0. The fourth-order valence-electron chi connectivity index (χ4n) is 5.03. The molecule has 2 bridgehead atoms. The number of piperidine rings is 1. The van der Waals surface area contributed by atoms with Crippen LogP contribution in [0.1, 0.15) is 24.0 Å². The van der Waals surface area contributed by atoms with Gasteiger partial charge in [0.25, 0.3) is 0 Å². The molecular formula is C19H27NO4S2. The van der Waals surface area contributed by atoms with Crippen LogP contribution in [0.25, 0.3) is 0 Å². The Kier molecular flexibility index (Phi) is 5.95. The second kappa shape index (κ2) is 7.37. The molecule has 3 atom stereocenters. The van der Waals surface area contributed by atoms with Crippen LogP contribution in [0.4, 0.5) is 0 Å². The van der Waals surface area contributed by atoms with E-state index in [0.29, 0.717) is 24.0 Å². The first-order valence-electron chi connectivity index (χ1n) is 8.40. The van der Waals surface area contributed by atoms with Crippen LogP contribution in [0.5, 0.6) is 11.5 Å². The van der Waals surface area contributed by atoms with Gasteiger partial charge in [-0.3, -0.25) is 4.79 Å². The predicted molar refractivity (Wildman–Crippen MR) is 110 cm³/mol. The van der Waals surface area contributed by atoms with Gasteiger partial charge in [0.15, 0.2) is 23.0 Å². The zero-order chi connectivity index (χ0) is 17.1. The number of phenolic OH excluding ortho intramolecular Hbond substituents is 1. The van der Waals surface area contributed by atoms with Gasteiger partial charge < -0.3 is 19.5 Å². The number of carbonyl (C=O) groups excluding carboxylic acids is 1. The van der Waals surface area contributed by atoms with E-state index >= 15 is 0 Å². The lowest BCUT2D eigenvalue weighted by molar-refractivity contribution is -0.122. The van der Waals surface area contributed by atoms with E-state index in [2.05, 4.69) is 11.9 Å². The van der Waals surface area contributed by atoms with Crippen LogP contribution in [-0.4, -0.2) is 49.6 Å². The summed E-state index contributed by atoms with van der Waals surface area (Å²) < 4.78 is 10.6. The molecule has 1 aromatic rings. The molecule has 1 N–H and O–H groups in total. The number of hydrogen-bond donors (Lipinski definition) is 1. The van der Waals surface area contributed by atoms with Crippen molar-refractivity contribution in [3.05, 3.63) is 35.1 Å². The number of rotatable bonds is 2. The number of benzene rings is 1. The van der Waals surface area contributed by atoms with E-state index in [1.54, 1.807) is 14.2 Å². The Balaban J connectivity index is 0.00000121. The number of phenols is 1. The third kappa shape index (κ3) is 2.72. The maximum Gasteiger partial charge on any atom is 0.197 e. The number of nitrogens with zero attached hydrogens (tertiary/aromatic N) is 1. The van der Waals surface area contributed by atoms with E-state index in [0.717, 1.165) is 30.5 Å². The molecule has 5 nitrogen and oxygen atoms in total. The standard InChI is InChI=1S/C19H23NO4.2H2S/c1-20-7-6-19-10-14(21)16(24-3)9-12(19)13(20)8-11-4-5-15(23-2)18(22)17(11)19;;/h4-5,9,12-13,22H,6-8,10H2,1-3H3;2*1H2/t12-,13+,19-;;/m1../s1. The first-order valence-corrected chi connectivity index (χ1v) is 8.40. The number of ketones is 1. The molecule has 2 aliphatic carbocycles. The second-order valence-corrected chi connectivity index (χ2v) is 7.17. The van der Waals surface area contributed by atoms with Crippen molar-refractivity contribution < 1.29 is 19.4 Å². The molecule has 0 unspecified atom stereocenters. The van der Waals surface area contributed by atoms with Crippen molar-refractivity contribution in [3.8, 4) is 11.5 Å². The Bertz CT molecular complexity index is 751. The zero-order valence-corrected chi connectivity index (χ0v) is 17.3. The lowest BCUT2D eigenvalue weighted by Crippen LogP contribution is -2.60. The summed E-state index contributed by atoms with van der Waals surface area (Å²) in [6.07, 6.45) is 4.08. The molecule has 0 saturated carbocycles. The Labute approximate surface area is 168 Å². The topological polar surface area (TPSA) is 59.0 Å². The third-order valence-corrected chi connectivity index (χ3v) is 6.21. The summed E-state index contributed by atoms with van der Waals surface area (Å²) >= 11 is 0. The van der Waals surface area contributed by atoms with E-state index in [9.17, 15) is 9.90 Å². The average molecular weight is 398 g/mol. The van der Waals surface area contributed by atoms with Crippen molar-refractivity contribution in [1.29, 1.82) is 0 Å². The molecular weight excluding hydrogens is 370 g/mol. The van der Waals surface area contributed by atoms with Crippen molar-refractivity contribution in [3.63, 3.8) is 0 Å². The molecule has 0 aromatic heterocycles. The number of likely N-dealkylation sites (N-methyl/N-ethyl adjacent to an activating group) is 1. The number of fused-ring (bicyclic) bond motifs is 1. The van der Waals surface area contributed by atoms with Crippen LogP contribution < -0.4 is 4.74 Å². The molecule has 4 rings (SSSR count). The van der Waals surface area contributed by atoms with Gasteiger partial charge in [-0.1, -0.05) is 6.07 Å². The first kappa shape index (κ1) is 21.0. The van der Waals surface area contributed by atoms with Crippen molar-refractivity contribution in [2.45, 2.75) is 30.7 Å². The highest BCUT2D eigenvalue weighted by molar-refractivity contribution is 7.59.